The molecule has 0 aliphatic rings. The Morgan fingerprint density at radius 3 is 2.77 bits per heavy atom. The van der Waals surface area contributed by atoms with Gasteiger partial charge in [0.25, 0.3) is 0 Å². The molecule has 3 N–H and O–H groups in total. The van der Waals surface area contributed by atoms with Crippen molar-refractivity contribution in [1.29, 1.82) is 0 Å². The van der Waals surface area contributed by atoms with E-state index in [-0.39, 0.29) is 17.7 Å². The molecule has 14 heteroatoms. The van der Waals surface area contributed by atoms with Crippen molar-refractivity contribution in [2.24, 2.45) is 0 Å². The number of anilines is 2. The Kier molecular flexibility index (Phi) is 8.14. The largest absolute Gasteiger partial charge is 0.453 e. The van der Waals surface area contributed by atoms with Gasteiger partial charge in [0.05, 0.1) is 25.2 Å². The van der Waals surface area contributed by atoms with E-state index in [0.717, 1.165) is 28.1 Å². The van der Waals surface area contributed by atoms with Crippen LogP contribution in [0.1, 0.15) is 30.9 Å². The number of hydrogen-bond donors (Lipinski definition) is 3. The molecule has 0 aliphatic heterocycles. The van der Waals surface area contributed by atoms with Crippen molar-refractivity contribution in [2.45, 2.75) is 50.4 Å². The summed E-state index contributed by atoms with van der Waals surface area (Å²) in [5.74, 6) is 1.04. The normalized spacial score (nSPS) is 13.8. The van der Waals surface area contributed by atoms with E-state index in [1.165, 1.54) is 12.7 Å². The van der Waals surface area contributed by atoms with Crippen molar-refractivity contribution >= 4 is 42.8 Å². The topological polar surface area (TPSA) is 149 Å². The first-order valence-electron chi connectivity index (χ1n) is 12.5. The van der Waals surface area contributed by atoms with Gasteiger partial charge in [0.2, 0.25) is 11.0 Å². The van der Waals surface area contributed by atoms with Crippen LogP contribution in [-0.4, -0.2) is 55.7 Å². The van der Waals surface area contributed by atoms with Crippen LogP contribution in [-0.2, 0) is 39.4 Å². The van der Waals surface area contributed by atoms with Crippen molar-refractivity contribution < 1.29 is 13.7 Å². The Morgan fingerprint density at radius 2 is 2.03 bits per heavy atom. The fourth-order valence-corrected chi connectivity index (χ4v) is 5.52. The fraction of sp³-hybridized carbons (Fsp3) is 0.320. The fourth-order valence-electron chi connectivity index (χ4n) is 4.02. The quantitative estimate of drug-likeness (QED) is 0.193. The van der Waals surface area contributed by atoms with E-state index in [0.29, 0.717) is 42.4 Å². The molecule has 39 heavy (non-hydrogen) atoms. The van der Waals surface area contributed by atoms with Crippen molar-refractivity contribution in [2.75, 3.05) is 17.2 Å². The number of aliphatic hydroxyl groups is 1. The van der Waals surface area contributed by atoms with Gasteiger partial charge in [0, 0.05) is 24.3 Å². The van der Waals surface area contributed by atoms with Gasteiger partial charge in [-0.25, -0.2) is 14.2 Å². The van der Waals surface area contributed by atoms with Gasteiger partial charge in [0.1, 0.15) is 12.7 Å². The Hall–Kier alpha value is -3.88. The summed E-state index contributed by atoms with van der Waals surface area (Å²) in [6, 6.07) is 11.6. The molecule has 2 atom stereocenters. The van der Waals surface area contributed by atoms with E-state index in [2.05, 4.69) is 30.7 Å². The van der Waals surface area contributed by atoms with Crippen LogP contribution in [0.15, 0.2) is 71.2 Å². The molecule has 12 nitrogen and oxygen atoms in total. The lowest BCUT2D eigenvalue weighted by Crippen LogP contribution is -2.24. The number of furan rings is 1. The number of nitrogens with one attached hydrogen (secondary N) is 2. The molecule has 0 saturated carbocycles. The highest BCUT2D eigenvalue weighted by Crippen LogP contribution is 2.23. The zero-order chi connectivity index (χ0) is 27.2. The Labute approximate surface area is 230 Å². The van der Waals surface area contributed by atoms with Crippen LogP contribution in [0.4, 0.5) is 11.8 Å². The smallest absolute Gasteiger partial charge is 0.227 e. The molecule has 4 heterocycles. The third-order valence-electron chi connectivity index (χ3n) is 6.21. The Morgan fingerprint density at radius 1 is 1.18 bits per heavy atom. The number of hydrogen-bond acceptors (Lipinski definition) is 11. The number of benzene rings is 1. The lowest BCUT2D eigenvalue weighted by molar-refractivity contribution is 0.271. The highest BCUT2D eigenvalue weighted by Gasteiger charge is 2.19. The predicted octanol–water partition coefficient (Wildman–Crippen LogP) is 3.01. The van der Waals surface area contributed by atoms with Crippen molar-refractivity contribution in [3.8, 4) is 0 Å². The average Bonchev–Trinajstić information content (AvgIpc) is 3.73. The van der Waals surface area contributed by atoms with Gasteiger partial charge < -0.3 is 24.7 Å². The van der Waals surface area contributed by atoms with E-state index in [1.807, 2.05) is 41.8 Å². The zero-order valence-electron chi connectivity index (χ0n) is 21.3. The molecule has 0 saturated heterocycles. The van der Waals surface area contributed by atoms with Crippen LogP contribution in [0.5, 0.6) is 0 Å². The number of aryl methyl sites for hydroxylation is 2. The molecule has 4 aromatic heterocycles. The first-order valence-corrected chi connectivity index (χ1v) is 15.0. The lowest BCUT2D eigenvalue weighted by atomic mass is 10.2. The Bertz CT molecular complexity index is 1610. The highest BCUT2D eigenvalue weighted by atomic mass is 32.8. The number of nitrogens with zero attached hydrogens (tertiary/aromatic N) is 7. The summed E-state index contributed by atoms with van der Waals surface area (Å²) < 4.78 is 21.6. The summed E-state index contributed by atoms with van der Waals surface area (Å²) in [7, 11) is -3.08. The second-order valence-corrected chi connectivity index (χ2v) is 12.0. The number of aromatic nitrogens is 7. The van der Waals surface area contributed by atoms with Gasteiger partial charge in [0.15, 0.2) is 25.7 Å². The predicted molar refractivity (Wildman–Crippen MR) is 150 cm³/mol. The van der Waals surface area contributed by atoms with E-state index in [4.69, 9.17) is 20.6 Å². The number of aliphatic hydroxyl groups excluding tert-OH is 1. The maximum absolute atomic E-state index is 12.9. The molecule has 5 aromatic rings. The molecule has 204 valence electrons. The monoisotopic (exact) mass is 567 g/mol. The molecule has 1 aromatic carbocycles. The van der Waals surface area contributed by atoms with E-state index < -0.39 is 8.68 Å². The first-order chi connectivity index (χ1) is 19.0. The van der Waals surface area contributed by atoms with Crippen LogP contribution >= 0.6 is 0 Å². The van der Waals surface area contributed by atoms with Gasteiger partial charge in [-0.15, -0.1) is 5.10 Å². The summed E-state index contributed by atoms with van der Waals surface area (Å²) in [5.41, 5.74) is 3.34. The van der Waals surface area contributed by atoms with Crippen molar-refractivity contribution in [1.82, 2.24) is 33.7 Å². The second-order valence-electron chi connectivity index (χ2n) is 8.93. The molecule has 0 spiro atoms. The molecule has 0 radical (unpaired) electrons. The maximum Gasteiger partial charge on any atom is 0.227 e. The van der Waals surface area contributed by atoms with Crippen molar-refractivity contribution in [3.63, 3.8) is 0 Å². The maximum atomic E-state index is 12.9. The first kappa shape index (κ1) is 26.7. The average molecular weight is 568 g/mol. The van der Waals surface area contributed by atoms with Gasteiger partial charge >= 0.3 is 0 Å². The molecular weight excluding hydrogens is 538 g/mol. The summed E-state index contributed by atoms with van der Waals surface area (Å²) in [6.07, 6.45) is 8.07. The molecule has 0 amide bonds. The van der Waals surface area contributed by atoms with Gasteiger partial charge in [-0.1, -0.05) is 37.3 Å². The highest BCUT2D eigenvalue weighted by molar-refractivity contribution is 8.31. The molecular formula is C25H29N9O3S2. The molecule has 0 bridgehead atoms. The molecule has 5 rings (SSSR count). The second kappa shape index (κ2) is 11.9. The standard InChI is InChI=1S/C25H29N9O3S2/c1-2-20(13-35)30-25-31-23(27-12-18-7-4-3-5-8-18)22-24(32-25)33(17-28-22)10-6-9-19-11-21(37-14-19)39(36,38)34-16-26-15-29-34/h3-5,7-8,11,14-17,20,35H,2,6,9-10,12-13H2,1H3,(H2,27,30,31,32)/t20-,39?/m1/s1. The third kappa shape index (κ3) is 6.08. The minimum Gasteiger partial charge on any atom is -0.453 e. The van der Waals surface area contributed by atoms with Gasteiger partial charge in [-0.05, 0) is 36.5 Å². The summed E-state index contributed by atoms with van der Waals surface area (Å²) >= 11 is 5.24. The Balaban J connectivity index is 1.32. The summed E-state index contributed by atoms with van der Waals surface area (Å²) in [4.78, 5) is 17.8. The van der Waals surface area contributed by atoms with Gasteiger partial charge in [-0.2, -0.15) is 14.1 Å². The molecule has 0 aliphatic carbocycles. The van der Waals surface area contributed by atoms with E-state index in [9.17, 15) is 9.32 Å². The summed E-state index contributed by atoms with van der Waals surface area (Å²) in [5, 5.41) is 20.4. The van der Waals surface area contributed by atoms with Crippen LogP contribution in [0.2, 0.25) is 0 Å². The molecule has 1 unspecified atom stereocenters. The number of rotatable bonds is 13. The van der Waals surface area contributed by atoms with Crippen LogP contribution < -0.4 is 10.6 Å². The lowest BCUT2D eigenvalue weighted by Gasteiger charge is -2.15. The van der Waals surface area contributed by atoms with Gasteiger partial charge in [-0.3, -0.25) is 0 Å². The summed E-state index contributed by atoms with van der Waals surface area (Å²) in [6.45, 7) is 3.18. The minimum atomic E-state index is -3.08. The molecule has 0 fully saturated rings. The third-order valence-corrected chi connectivity index (χ3v) is 8.56. The van der Waals surface area contributed by atoms with E-state index >= 15 is 0 Å². The number of imidazole rings is 1. The van der Waals surface area contributed by atoms with Crippen molar-refractivity contribution in [3.05, 3.63) is 72.8 Å². The van der Waals surface area contributed by atoms with Crippen LogP contribution in [0.25, 0.3) is 11.2 Å². The minimum absolute atomic E-state index is 0.0236. The zero-order valence-corrected chi connectivity index (χ0v) is 22.9. The van der Waals surface area contributed by atoms with E-state index in [1.54, 1.807) is 18.7 Å². The van der Waals surface area contributed by atoms with Crippen LogP contribution in [0.3, 0.4) is 0 Å². The number of fused-ring (bicyclic) bond motifs is 1. The SMILES string of the molecule is CC[C@H](CO)Nc1nc(NCc2ccccc2)c2ncn(CCCc3coc(S(=O)(=S)n4cncn4)c3)c2n1. The van der Waals surface area contributed by atoms with Crippen LogP contribution in [0, 0.1) is 0 Å².